The molecule has 0 radical (unpaired) electrons. The molecule has 0 fully saturated rings. The van der Waals surface area contributed by atoms with Gasteiger partial charge in [0.25, 0.3) is 0 Å². The summed E-state index contributed by atoms with van der Waals surface area (Å²) < 4.78 is 0. The minimum Gasteiger partial charge on any atom is -0.388 e. The van der Waals surface area contributed by atoms with Crippen LogP contribution in [0, 0.1) is 6.92 Å². The largest absolute Gasteiger partial charge is 0.388 e. The normalized spacial score (nSPS) is 12.5. The summed E-state index contributed by atoms with van der Waals surface area (Å²) in [4.78, 5) is 0. The molecular formula is C15H13Cl3O. The summed E-state index contributed by atoms with van der Waals surface area (Å²) in [5.41, 5.74) is 2.59. The van der Waals surface area contributed by atoms with Crippen molar-refractivity contribution in [1.29, 1.82) is 0 Å². The van der Waals surface area contributed by atoms with Gasteiger partial charge < -0.3 is 5.11 Å². The van der Waals surface area contributed by atoms with Crippen LogP contribution in [-0.2, 0) is 6.42 Å². The number of aliphatic hydroxyl groups is 1. The maximum absolute atomic E-state index is 10.3. The van der Waals surface area contributed by atoms with E-state index < -0.39 is 6.10 Å². The lowest BCUT2D eigenvalue weighted by Crippen LogP contribution is -2.03. The average molecular weight is 316 g/mol. The van der Waals surface area contributed by atoms with E-state index in [0.717, 1.165) is 11.1 Å². The Hall–Kier alpha value is -0.730. The van der Waals surface area contributed by atoms with Gasteiger partial charge in [-0.2, -0.15) is 0 Å². The summed E-state index contributed by atoms with van der Waals surface area (Å²) in [6.45, 7) is 1.97. The van der Waals surface area contributed by atoms with Crippen molar-refractivity contribution in [2.24, 2.45) is 0 Å². The minimum absolute atomic E-state index is 0.389. The second-order valence-electron chi connectivity index (χ2n) is 4.46. The Morgan fingerprint density at radius 1 is 1.05 bits per heavy atom. The highest BCUT2D eigenvalue weighted by molar-refractivity contribution is 6.42. The topological polar surface area (TPSA) is 20.2 Å². The molecule has 1 unspecified atom stereocenters. The Morgan fingerprint density at radius 3 is 2.47 bits per heavy atom. The fraction of sp³-hybridized carbons (Fsp3) is 0.200. The second kappa shape index (κ2) is 6.15. The monoisotopic (exact) mass is 314 g/mol. The van der Waals surface area contributed by atoms with Gasteiger partial charge in [0.05, 0.1) is 16.1 Å². The maximum Gasteiger partial charge on any atom is 0.0845 e. The van der Waals surface area contributed by atoms with Crippen molar-refractivity contribution in [2.45, 2.75) is 19.4 Å². The van der Waals surface area contributed by atoms with Gasteiger partial charge in [-0.15, -0.1) is 0 Å². The van der Waals surface area contributed by atoms with E-state index >= 15 is 0 Å². The van der Waals surface area contributed by atoms with Crippen LogP contribution in [0.15, 0.2) is 36.4 Å². The molecule has 2 aromatic carbocycles. The Labute approximate surface area is 127 Å². The summed E-state index contributed by atoms with van der Waals surface area (Å²) in [6.07, 6.45) is -0.328. The number of halogens is 3. The van der Waals surface area contributed by atoms with Crippen LogP contribution >= 0.6 is 34.8 Å². The Bertz CT molecular complexity index is 596. The quantitative estimate of drug-likeness (QED) is 0.822. The van der Waals surface area contributed by atoms with E-state index in [9.17, 15) is 5.11 Å². The zero-order valence-electron chi connectivity index (χ0n) is 10.3. The van der Waals surface area contributed by atoms with E-state index in [1.807, 2.05) is 25.1 Å². The van der Waals surface area contributed by atoms with Crippen molar-refractivity contribution in [1.82, 2.24) is 0 Å². The maximum atomic E-state index is 10.3. The number of aliphatic hydroxyl groups excluding tert-OH is 1. The second-order valence-corrected chi connectivity index (χ2v) is 5.65. The van der Waals surface area contributed by atoms with E-state index in [0.29, 0.717) is 27.1 Å². The van der Waals surface area contributed by atoms with Crippen molar-refractivity contribution in [3.05, 3.63) is 68.2 Å². The molecule has 2 rings (SSSR count). The van der Waals surface area contributed by atoms with Crippen molar-refractivity contribution >= 4 is 34.8 Å². The third kappa shape index (κ3) is 3.43. The molecule has 0 saturated carbocycles. The van der Waals surface area contributed by atoms with Crippen LogP contribution in [0.1, 0.15) is 22.8 Å². The van der Waals surface area contributed by atoms with E-state index in [4.69, 9.17) is 34.8 Å². The molecule has 2 aromatic rings. The molecule has 0 aliphatic heterocycles. The fourth-order valence-electron chi connectivity index (χ4n) is 1.91. The minimum atomic E-state index is -0.730. The first-order chi connectivity index (χ1) is 8.99. The van der Waals surface area contributed by atoms with Gasteiger partial charge in [-0.3, -0.25) is 0 Å². The molecule has 4 heteroatoms. The highest BCUT2D eigenvalue weighted by atomic mass is 35.5. The molecule has 100 valence electrons. The van der Waals surface area contributed by atoms with Gasteiger partial charge in [-0.25, -0.2) is 0 Å². The summed E-state index contributed by atoms with van der Waals surface area (Å²) >= 11 is 18.2. The highest BCUT2D eigenvalue weighted by Gasteiger charge is 2.15. The van der Waals surface area contributed by atoms with E-state index in [1.54, 1.807) is 18.2 Å². The first-order valence-electron chi connectivity index (χ1n) is 5.86. The summed E-state index contributed by atoms with van der Waals surface area (Å²) in [5.74, 6) is 0. The van der Waals surface area contributed by atoms with Gasteiger partial charge in [0.1, 0.15) is 0 Å². The molecule has 0 heterocycles. The number of aryl methyl sites for hydroxylation is 1. The fourth-order valence-corrected chi connectivity index (χ4v) is 2.66. The number of hydrogen-bond donors (Lipinski definition) is 1. The van der Waals surface area contributed by atoms with Crippen molar-refractivity contribution in [3.63, 3.8) is 0 Å². The molecule has 0 spiro atoms. The predicted molar refractivity (Wildman–Crippen MR) is 81.3 cm³/mol. The molecule has 1 nitrogen and oxygen atoms in total. The summed E-state index contributed by atoms with van der Waals surface area (Å²) in [6, 6.07) is 11.0. The van der Waals surface area contributed by atoms with Crippen LogP contribution in [-0.4, -0.2) is 5.11 Å². The van der Waals surface area contributed by atoms with Crippen LogP contribution in [0.3, 0.4) is 0 Å². The van der Waals surface area contributed by atoms with Crippen LogP contribution in [0.5, 0.6) is 0 Å². The van der Waals surface area contributed by atoms with Gasteiger partial charge in [-0.1, -0.05) is 59.1 Å². The summed E-state index contributed by atoms with van der Waals surface area (Å²) in [5, 5.41) is 11.7. The molecule has 1 N–H and O–H groups in total. The van der Waals surface area contributed by atoms with Gasteiger partial charge in [0.2, 0.25) is 0 Å². The van der Waals surface area contributed by atoms with Crippen LogP contribution < -0.4 is 0 Å². The molecule has 1 atom stereocenters. The molecule has 0 saturated heterocycles. The third-order valence-electron chi connectivity index (χ3n) is 2.96. The van der Waals surface area contributed by atoms with Crippen molar-refractivity contribution in [3.8, 4) is 0 Å². The van der Waals surface area contributed by atoms with Gasteiger partial charge >= 0.3 is 0 Å². The number of hydrogen-bond acceptors (Lipinski definition) is 1. The zero-order valence-corrected chi connectivity index (χ0v) is 12.6. The van der Waals surface area contributed by atoms with E-state index in [-0.39, 0.29) is 0 Å². The number of benzene rings is 2. The molecule has 0 amide bonds. The third-order valence-corrected chi connectivity index (χ3v) is 4.15. The van der Waals surface area contributed by atoms with Crippen molar-refractivity contribution < 1.29 is 5.11 Å². The van der Waals surface area contributed by atoms with Crippen LogP contribution in [0.2, 0.25) is 15.1 Å². The standard InChI is InChI=1S/C15H13Cl3O/c1-9-5-6-10(13(17)7-9)8-14(19)11-3-2-4-12(16)15(11)18/h2-7,14,19H,8H2,1H3. The molecule has 0 aliphatic rings. The predicted octanol–water partition coefficient (Wildman–Crippen LogP) is 5.23. The Balaban J connectivity index is 2.25. The van der Waals surface area contributed by atoms with Crippen LogP contribution in [0.25, 0.3) is 0 Å². The molecule has 0 bridgehead atoms. The Kier molecular flexibility index (Phi) is 4.75. The molecule has 19 heavy (non-hydrogen) atoms. The van der Waals surface area contributed by atoms with E-state index in [1.165, 1.54) is 0 Å². The van der Waals surface area contributed by atoms with Crippen molar-refractivity contribution in [2.75, 3.05) is 0 Å². The lowest BCUT2D eigenvalue weighted by Gasteiger charge is -2.14. The number of rotatable bonds is 3. The highest BCUT2D eigenvalue weighted by Crippen LogP contribution is 2.32. The zero-order chi connectivity index (χ0) is 14.0. The van der Waals surface area contributed by atoms with E-state index in [2.05, 4.69) is 0 Å². The lowest BCUT2D eigenvalue weighted by atomic mass is 10.0. The Morgan fingerprint density at radius 2 is 1.79 bits per heavy atom. The summed E-state index contributed by atoms with van der Waals surface area (Å²) in [7, 11) is 0. The van der Waals surface area contributed by atoms with Gasteiger partial charge in [-0.05, 0) is 30.2 Å². The first kappa shape index (κ1) is 14.7. The molecular weight excluding hydrogens is 303 g/mol. The lowest BCUT2D eigenvalue weighted by molar-refractivity contribution is 0.178. The smallest absolute Gasteiger partial charge is 0.0845 e. The van der Waals surface area contributed by atoms with Gasteiger partial charge in [0, 0.05) is 17.0 Å². The molecule has 0 aliphatic carbocycles. The SMILES string of the molecule is Cc1ccc(CC(O)c2cccc(Cl)c2Cl)c(Cl)c1. The van der Waals surface area contributed by atoms with Crippen LogP contribution in [0.4, 0.5) is 0 Å². The average Bonchev–Trinajstić information content (AvgIpc) is 2.36. The first-order valence-corrected chi connectivity index (χ1v) is 6.99. The molecule has 0 aromatic heterocycles. The van der Waals surface area contributed by atoms with Gasteiger partial charge in [0.15, 0.2) is 0 Å².